The van der Waals surface area contributed by atoms with Crippen molar-refractivity contribution < 1.29 is 8.78 Å². The summed E-state index contributed by atoms with van der Waals surface area (Å²) >= 11 is 0. The van der Waals surface area contributed by atoms with Gasteiger partial charge in [-0.25, -0.2) is 8.78 Å². The third-order valence-electron chi connectivity index (χ3n) is 6.31. The molecule has 0 heterocycles. The third kappa shape index (κ3) is 3.95. The molecule has 1 atom stereocenters. The van der Waals surface area contributed by atoms with Crippen LogP contribution in [0.3, 0.4) is 0 Å². The van der Waals surface area contributed by atoms with Crippen LogP contribution in [0.25, 0.3) is 0 Å². The smallest absolute Gasteiger partial charge is 0.162 e. The summed E-state index contributed by atoms with van der Waals surface area (Å²) in [6.07, 6.45) is 13.7. The van der Waals surface area contributed by atoms with Crippen molar-refractivity contribution in [3.8, 4) is 0 Å². The van der Waals surface area contributed by atoms with Crippen LogP contribution in [0, 0.1) is 29.4 Å². The summed E-state index contributed by atoms with van der Waals surface area (Å²) in [4.78, 5) is 0. The topological polar surface area (TPSA) is 0 Å². The minimum Gasteiger partial charge on any atom is -0.204 e. The largest absolute Gasteiger partial charge is 0.204 e. The lowest BCUT2D eigenvalue weighted by Gasteiger charge is -2.36. The highest BCUT2D eigenvalue weighted by Crippen LogP contribution is 2.41. The van der Waals surface area contributed by atoms with Gasteiger partial charge in [0.05, 0.1) is 0 Å². The predicted octanol–water partition coefficient (Wildman–Crippen LogP) is 6.46. The molecule has 0 nitrogen and oxygen atoms in total. The van der Waals surface area contributed by atoms with Crippen LogP contribution in [0.1, 0.15) is 75.8 Å². The molecular formula is C21H30F2. The van der Waals surface area contributed by atoms with Crippen LogP contribution >= 0.6 is 0 Å². The van der Waals surface area contributed by atoms with Gasteiger partial charge in [-0.15, -0.1) is 0 Å². The van der Waals surface area contributed by atoms with E-state index < -0.39 is 11.6 Å². The standard InChI is InChI=1S/C21H30F2/c1-2-3-4-5-15-6-8-16(9-7-15)17-10-12-19-18(14-17)11-13-20(22)21(19)23/h11,13,15-17H,2-10,12,14H2,1H3. The molecular weight excluding hydrogens is 290 g/mol. The summed E-state index contributed by atoms with van der Waals surface area (Å²) in [6.45, 7) is 2.27. The van der Waals surface area contributed by atoms with E-state index in [0.717, 1.165) is 36.7 Å². The van der Waals surface area contributed by atoms with Crippen LogP contribution in [0.2, 0.25) is 0 Å². The molecule has 2 aliphatic carbocycles. The minimum absolute atomic E-state index is 0.597. The summed E-state index contributed by atoms with van der Waals surface area (Å²) in [7, 11) is 0. The lowest BCUT2D eigenvalue weighted by atomic mass is 9.69. The lowest BCUT2D eigenvalue weighted by molar-refractivity contribution is 0.182. The second kappa shape index (κ2) is 7.77. The van der Waals surface area contributed by atoms with Gasteiger partial charge in [-0.3, -0.25) is 0 Å². The van der Waals surface area contributed by atoms with Gasteiger partial charge in [0.15, 0.2) is 11.6 Å². The minimum atomic E-state index is -0.685. The van der Waals surface area contributed by atoms with E-state index in [-0.39, 0.29) is 0 Å². The van der Waals surface area contributed by atoms with Crippen LogP contribution in [0.15, 0.2) is 12.1 Å². The molecule has 0 bridgehead atoms. The van der Waals surface area contributed by atoms with Gasteiger partial charge in [0, 0.05) is 0 Å². The molecule has 0 radical (unpaired) electrons. The molecule has 0 aliphatic heterocycles. The molecule has 0 amide bonds. The average molecular weight is 320 g/mol. The van der Waals surface area contributed by atoms with Crippen molar-refractivity contribution in [1.29, 1.82) is 0 Å². The molecule has 1 aromatic carbocycles. The van der Waals surface area contributed by atoms with Crippen molar-refractivity contribution in [2.75, 3.05) is 0 Å². The Morgan fingerprint density at radius 3 is 2.48 bits per heavy atom. The molecule has 23 heavy (non-hydrogen) atoms. The summed E-state index contributed by atoms with van der Waals surface area (Å²) in [5, 5.41) is 0. The van der Waals surface area contributed by atoms with Gasteiger partial charge in [0.25, 0.3) is 0 Å². The van der Waals surface area contributed by atoms with Gasteiger partial charge in [-0.1, -0.05) is 51.5 Å². The Hall–Kier alpha value is -0.920. The van der Waals surface area contributed by atoms with Gasteiger partial charge < -0.3 is 0 Å². The Morgan fingerprint density at radius 2 is 1.74 bits per heavy atom. The lowest BCUT2D eigenvalue weighted by Crippen LogP contribution is -2.27. The Bertz CT molecular complexity index is 515. The highest BCUT2D eigenvalue weighted by atomic mass is 19.2. The average Bonchev–Trinajstić information content (AvgIpc) is 2.59. The van der Waals surface area contributed by atoms with Gasteiger partial charge in [-0.05, 0) is 67.1 Å². The fourth-order valence-electron chi connectivity index (χ4n) is 4.84. The molecule has 128 valence electrons. The molecule has 2 aliphatic rings. The third-order valence-corrected chi connectivity index (χ3v) is 6.31. The normalized spacial score (nSPS) is 27.7. The van der Waals surface area contributed by atoms with Crippen LogP contribution in [0.5, 0.6) is 0 Å². The molecule has 1 saturated carbocycles. The number of unbranched alkanes of at least 4 members (excludes halogenated alkanes) is 2. The quantitative estimate of drug-likeness (QED) is 0.546. The van der Waals surface area contributed by atoms with E-state index in [1.54, 1.807) is 0 Å². The predicted molar refractivity (Wildman–Crippen MR) is 91.5 cm³/mol. The fraction of sp³-hybridized carbons (Fsp3) is 0.714. The zero-order valence-electron chi connectivity index (χ0n) is 14.4. The maximum atomic E-state index is 13.9. The number of halogens is 2. The summed E-state index contributed by atoms with van der Waals surface area (Å²) in [6, 6.07) is 3.12. The van der Waals surface area contributed by atoms with Crippen molar-refractivity contribution in [3.05, 3.63) is 34.9 Å². The molecule has 0 spiro atoms. The van der Waals surface area contributed by atoms with Gasteiger partial charge in [0.2, 0.25) is 0 Å². The molecule has 1 fully saturated rings. The molecule has 3 rings (SSSR count). The van der Waals surface area contributed by atoms with Crippen LogP contribution < -0.4 is 0 Å². The van der Waals surface area contributed by atoms with E-state index in [2.05, 4.69) is 6.92 Å². The molecule has 1 aromatic rings. The van der Waals surface area contributed by atoms with Crippen LogP contribution in [0.4, 0.5) is 8.78 Å². The van der Waals surface area contributed by atoms with Crippen molar-refractivity contribution in [1.82, 2.24) is 0 Å². The number of benzene rings is 1. The number of fused-ring (bicyclic) bond motifs is 1. The van der Waals surface area contributed by atoms with Gasteiger partial charge >= 0.3 is 0 Å². The molecule has 1 unspecified atom stereocenters. The second-order valence-electron chi connectivity index (χ2n) is 7.78. The Morgan fingerprint density at radius 1 is 0.957 bits per heavy atom. The van der Waals surface area contributed by atoms with E-state index in [1.165, 1.54) is 57.4 Å². The molecule has 2 heteroatoms. The summed E-state index contributed by atoms with van der Waals surface area (Å²) in [5.41, 5.74) is 1.71. The van der Waals surface area contributed by atoms with Crippen molar-refractivity contribution in [2.24, 2.45) is 17.8 Å². The van der Waals surface area contributed by atoms with Crippen molar-refractivity contribution in [2.45, 2.75) is 77.6 Å². The summed E-state index contributed by atoms with van der Waals surface area (Å²) in [5.74, 6) is 1.15. The van der Waals surface area contributed by atoms with Crippen molar-refractivity contribution >= 4 is 0 Å². The Balaban J connectivity index is 1.53. The van der Waals surface area contributed by atoms with Gasteiger partial charge in [0.1, 0.15) is 0 Å². The maximum absolute atomic E-state index is 13.9. The Labute approximate surface area is 139 Å². The van der Waals surface area contributed by atoms with Crippen molar-refractivity contribution in [3.63, 3.8) is 0 Å². The summed E-state index contributed by atoms with van der Waals surface area (Å²) < 4.78 is 27.2. The molecule has 0 N–H and O–H groups in total. The SMILES string of the molecule is CCCCCC1CCC(C2CCc3c(ccc(F)c3F)C2)CC1. The number of hydrogen-bond donors (Lipinski definition) is 0. The molecule has 0 aromatic heterocycles. The highest BCUT2D eigenvalue weighted by Gasteiger charge is 2.31. The zero-order chi connectivity index (χ0) is 16.2. The fourth-order valence-corrected chi connectivity index (χ4v) is 4.84. The highest BCUT2D eigenvalue weighted by molar-refractivity contribution is 5.32. The van der Waals surface area contributed by atoms with E-state index in [0.29, 0.717) is 11.5 Å². The van der Waals surface area contributed by atoms with E-state index >= 15 is 0 Å². The first-order valence-electron chi connectivity index (χ1n) is 9.64. The first kappa shape index (κ1) is 16.9. The maximum Gasteiger partial charge on any atom is 0.162 e. The monoisotopic (exact) mass is 320 g/mol. The van der Waals surface area contributed by atoms with Gasteiger partial charge in [-0.2, -0.15) is 0 Å². The van der Waals surface area contributed by atoms with Crippen LogP contribution in [-0.4, -0.2) is 0 Å². The van der Waals surface area contributed by atoms with E-state index in [1.807, 2.05) is 6.07 Å². The number of rotatable bonds is 5. The van der Waals surface area contributed by atoms with E-state index in [4.69, 9.17) is 0 Å². The molecule has 0 saturated heterocycles. The Kier molecular flexibility index (Phi) is 5.71. The van der Waals surface area contributed by atoms with Crippen LogP contribution in [-0.2, 0) is 12.8 Å². The first-order chi connectivity index (χ1) is 11.2. The number of hydrogen-bond acceptors (Lipinski definition) is 0. The van der Waals surface area contributed by atoms with E-state index in [9.17, 15) is 8.78 Å². The zero-order valence-corrected chi connectivity index (χ0v) is 14.4. The second-order valence-corrected chi connectivity index (χ2v) is 7.78. The first-order valence-corrected chi connectivity index (χ1v) is 9.64.